The van der Waals surface area contributed by atoms with E-state index in [1.54, 1.807) is 20.4 Å². The number of ether oxygens (including phenoxy) is 2. The lowest BCUT2D eigenvalue weighted by Crippen LogP contribution is -2.31. The summed E-state index contributed by atoms with van der Waals surface area (Å²) >= 11 is 0. The van der Waals surface area contributed by atoms with Crippen LogP contribution in [0.5, 0.6) is 11.5 Å². The number of hydrogen-bond donors (Lipinski definition) is 2. The van der Waals surface area contributed by atoms with Gasteiger partial charge in [-0.2, -0.15) is 0 Å². The van der Waals surface area contributed by atoms with Gasteiger partial charge < -0.3 is 23.9 Å². The first-order chi connectivity index (χ1) is 18.6. The maximum Gasteiger partial charge on any atom is 0.259 e. The highest BCUT2D eigenvalue weighted by Crippen LogP contribution is 2.41. The van der Waals surface area contributed by atoms with E-state index in [2.05, 4.69) is 19.8 Å². The van der Waals surface area contributed by atoms with Gasteiger partial charge in [-0.05, 0) is 51.0 Å². The number of amides is 2. The van der Waals surface area contributed by atoms with Crippen LogP contribution in [-0.2, 0) is 16.1 Å². The van der Waals surface area contributed by atoms with Gasteiger partial charge in [-0.3, -0.25) is 14.9 Å². The number of carbonyl (C=O) groups excluding carboxylic acids is 2. The Hall–Kier alpha value is -4.04. The van der Waals surface area contributed by atoms with Crippen LogP contribution < -0.4 is 14.8 Å². The van der Waals surface area contributed by atoms with Gasteiger partial charge in [0.05, 0.1) is 30.9 Å². The van der Waals surface area contributed by atoms with Crippen molar-refractivity contribution in [1.29, 1.82) is 0 Å². The molecule has 2 amide bonds. The summed E-state index contributed by atoms with van der Waals surface area (Å²) in [7, 11) is 3.22. The Labute approximate surface area is 221 Å². The van der Waals surface area contributed by atoms with Gasteiger partial charge >= 0.3 is 0 Å². The molecule has 1 fully saturated rings. The summed E-state index contributed by atoms with van der Waals surface area (Å²) < 4.78 is 13.4. The van der Waals surface area contributed by atoms with Gasteiger partial charge in [0, 0.05) is 52.4 Å². The van der Waals surface area contributed by atoms with Crippen LogP contribution in [0.4, 0.5) is 0 Å². The molecule has 4 aromatic rings. The van der Waals surface area contributed by atoms with Crippen molar-refractivity contribution < 1.29 is 19.1 Å². The summed E-state index contributed by atoms with van der Waals surface area (Å²) in [5, 5.41) is 4.28. The molecule has 196 valence electrons. The number of benzene rings is 2. The first kappa shape index (κ1) is 24.3. The molecular formula is C30H32N4O4. The van der Waals surface area contributed by atoms with Crippen molar-refractivity contribution in [3.05, 3.63) is 59.9 Å². The Morgan fingerprint density at radius 3 is 2.32 bits per heavy atom. The molecule has 0 radical (unpaired) electrons. The number of imide groups is 1. The van der Waals surface area contributed by atoms with Crippen LogP contribution in [0.15, 0.2) is 48.8 Å². The van der Waals surface area contributed by atoms with Crippen LogP contribution in [0, 0.1) is 0 Å². The number of aryl methyl sites for hydroxylation is 1. The monoisotopic (exact) mass is 512 g/mol. The first-order valence-corrected chi connectivity index (χ1v) is 13.2. The molecule has 38 heavy (non-hydrogen) atoms. The van der Waals surface area contributed by atoms with Crippen LogP contribution in [-0.4, -0.2) is 60.1 Å². The Morgan fingerprint density at radius 1 is 0.842 bits per heavy atom. The van der Waals surface area contributed by atoms with Gasteiger partial charge in [0.2, 0.25) is 0 Å². The summed E-state index contributed by atoms with van der Waals surface area (Å²) in [6.45, 7) is 4.13. The number of aromatic nitrogens is 2. The number of carbonyl (C=O) groups is 2. The zero-order valence-electron chi connectivity index (χ0n) is 21.8. The molecule has 2 aliphatic heterocycles. The molecule has 0 unspecified atom stereocenters. The number of aromatic amines is 1. The van der Waals surface area contributed by atoms with E-state index in [4.69, 9.17) is 9.47 Å². The summed E-state index contributed by atoms with van der Waals surface area (Å²) in [6.07, 6.45) is 8.64. The van der Waals surface area contributed by atoms with E-state index in [0.717, 1.165) is 54.4 Å². The number of hydrogen-bond acceptors (Lipinski definition) is 5. The zero-order chi connectivity index (χ0) is 26.2. The third-order valence-electron chi connectivity index (χ3n) is 7.77. The minimum absolute atomic E-state index is 0.381. The van der Waals surface area contributed by atoms with Gasteiger partial charge in [-0.1, -0.05) is 24.6 Å². The summed E-state index contributed by atoms with van der Waals surface area (Å²) in [4.78, 5) is 32.2. The van der Waals surface area contributed by atoms with Crippen molar-refractivity contribution in [3.63, 3.8) is 0 Å². The van der Waals surface area contributed by atoms with Crippen molar-refractivity contribution >= 4 is 44.8 Å². The van der Waals surface area contributed by atoms with Gasteiger partial charge in [-0.25, -0.2) is 0 Å². The van der Waals surface area contributed by atoms with Gasteiger partial charge in [0.25, 0.3) is 11.8 Å². The van der Waals surface area contributed by atoms with Crippen molar-refractivity contribution in [2.45, 2.75) is 32.2 Å². The lowest BCUT2D eigenvalue weighted by molar-refractivity contribution is -0.122. The minimum Gasteiger partial charge on any atom is -0.493 e. The van der Waals surface area contributed by atoms with E-state index >= 15 is 0 Å². The Kier molecular flexibility index (Phi) is 6.41. The molecule has 2 aromatic heterocycles. The molecule has 0 saturated carbocycles. The number of piperidine rings is 1. The molecule has 2 aliphatic rings. The summed E-state index contributed by atoms with van der Waals surface area (Å²) in [5.41, 5.74) is 4.04. The van der Waals surface area contributed by atoms with Crippen molar-refractivity contribution in [3.8, 4) is 11.5 Å². The average molecular weight is 513 g/mol. The Bertz CT molecular complexity index is 1570. The first-order valence-electron chi connectivity index (χ1n) is 13.2. The quantitative estimate of drug-likeness (QED) is 0.338. The molecule has 2 N–H and O–H groups in total. The minimum atomic E-state index is -0.391. The largest absolute Gasteiger partial charge is 0.493 e. The third-order valence-corrected chi connectivity index (χ3v) is 7.77. The van der Waals surface area contributed by atoms with E-state index < -0.39 is 5.91 Å². The highest BCUT2D eigenvalue weighted by molar-refractivity contribution is 6.50. The number of para-hydroxylation sites is 1. The number of rotatable bonds is 8. The number of methoxy groups -OCH3 is 2. The van der Waals surface area contributed by atoms with Gasteiger partial charge in [-0.15, -0.1) is 0 Å². The lowest BCUT2D eigenvalue weighted by atomic mass is 9.95. The fourth-order valence-electron chi connectivity index (χ4n) is 5.90. The van der Waals surface area contributed by atoms with Crippen molar-refractivity contribution in [2.75, 3.05) is 33.9 Å². The maximum atomic E-state index is 13.3. The Morgan fingerprint density at radius 2 is 1.55 bits per heavy atom. The van der Waals surface area contributed by atoms with Crippen LogP contribution in [0.2, 0.25) is 0 Å². The van der Waals surface area contributed by atoms with Crippen LogP contribution in [0.3, 0.4) is 0 Å². The molecule has 6 rings (SSSR count). The highest BCUT2D eigenvalue weighted by atomic mass is 16.5. The molecule has 0 bridgehead atoms. The predicted molar refractivity (Wildman–Crippen MR) is 148 cm³/mol. The molecule has 1 saturated heterocycles. The highest BCUT2D eigenvalue weighted by Gasteiger charge is 2.35. The number of fused-ring (bicyclic) bond motifs is 2. The molecule has 0 spiro atoms. The molecule has 8 nitrogen and oxygen atoms in total. The second kappa shape index (κ2) is 10.0. The number of H-pyrrole nitrogens is 1. The lowest BCUT2D eigenvalue weighted by Gasteiger charge is -2.26. The van der Waals surface area contributed by atoms with Crippen LogP contribution in [0.25, 0.3) is 33.0 Å². The predicted octanol–water partition coefficient (Wildman–Crippen LogP) is 4.58. The van der Waals surface area contributed by atoms with Gasteiger partial charge in [0.1, 0.15) is 0 Å². The topological polar surface area (TPSA) is 88.6 Å². The molecular weight excluding hydrogens is 480 g/mol. The summed E-state index contributed by atoms with van der Waals surface area (Å²) in [6, 6.07) is 11.6. The molecule has 8 heteroatoms. The van der Waals surface area contributed by atoms with E-state index in [1.165, 1.54) is 19.3 Å². The second-order valence-electron chi connectivity index (χ2n) is 10.00. The SMILES string of the molecule is COc1cc2c(C3=C(c4c[nH]c5ccccc45)C(=O)NC3=O)cn(CCCN3CCCCC3)c2cc1OC. The number of likely N-dealkylation sites (tertiary alicyclic amines) is 1. The standard InChI is InChI=1S/C30H32N4O4/c1-37-25-15-20-22(18-34(24(20)16-26(25)38-2)14-8-13-33-11-6-3-7-12-33)28-27(29(35)32-30(28)36)21-17-31-23-10-5-4-9-19(21)23/h4-5,9-10,15-18,31H,3,6-8,11-14H2,1-2H3,(H,32,35,36). The zero-order valence-corrected chi connectivity index (χ0v) is 21.8. The smallest absolute Gasteiger partial charge is 0.259 e. The molecule has 4 heterocycles. The summed E-state index contributed by atoms with van der Waals surface area (Å²) in [5.74, 6) is 0.421. The maximum absolute atomic E-state index is 13.3. The fraction of sp³-hybridized carbons (Fsp3) is 0.333. The third kappa shape index (κ3) is 4.15. The van der Waals surface area contributed by atoms with Crippen LogP contribution in [0.1, 0.15) is 36.8 Å². The van der Waals surface area contributed by atoms with Crippen molar-refractivity contribution in [2.24, 2.45) is 0 Å². The van der Waals surface area contributed by atoms with E-state index in [1.807, 2.05) is 42.6 Å². The van der Waals surface area contributed by atoms with Crippen LogP contribution >= 0.6 is 0 Å². The number of nitrogens with one attached hydrogen (secondary N) is 2. The molecule has 0 atom stereocenters. The van der Waals surface area contributed by atoms with E-state index in [9.17, 15) is 9.59 Å². The molecule has 2 aromatic carbocycles. The number of nitrogens with zero attached hydrogens (tertiary/aromatic N) is 2. The van der Waals surface area contributed by atoms with Gasteiger partial charge in [0.15, 0.2) is 11.5 Å². The van der Waals surface area contributed by atoms with Crippen molar-refractivity contribution in [1.82, 2.24) is 19.8 Å². The normalized spacial score (nSPS) is 16.6. The Balaban J connectivity index is 1.49. The average Bonchev–Trinajstić information content (AvgIpc) is 3.60. The molecule has 0 aliphatic carbocycles. The second-order valence-corrected chi connectivity index (χ2v) is 10.00. The fourth-order valence-corrected chi connectivity index (χ4v) is 5.90. The van der Waals surface area contributed by atoms with E-state index in [0.29, 0.717) is 33.8 Å². The van der Waals surface area contributed by atoms with E-state index in [-0.39, 0.29) is 5.91 Å².